The standard InChI is InChI=1S/C33H27N3/c1-3-9-24(10-4-1)25-16-18-26(19-17-25)32-31(23-35-33(36-32)27-11-5-2-6-12-27)29-14-7-13-28(21-29)30-15-8-20-34-22-30/h1-5,7-11,13-23,32H,6,12H2,(H,35,36). The smallest absolute Gasteiger partial charge is 0.129 e. The van der Waals surface area contributed by atoms with E-state index in [1.165, 1.54) is 22.3 Å². The summed E-state index contributed by atoms with van der Waals surface area (Å²) in [5, 5.41) is 3.51. The van der Waals surface area contributed by atoms with Crippen molar-refractivity contribution < 1.29 is 0 Å². The summed E-state index contributed by atoms with van der Waals surface area (Å²) < 4.78 is 0. The van der Waals surface area contributed by atoms with Crippen LogP contribution in [0, 0.1) is 0 Å². The van der Waals surface area contributed by atoms with E-state index in [2.05, 4.69) is 120 Å². The fourth-order valence-electron chi connectivity index (χ4n) is 4.83. The molecule has 6 rings (SSSR count). The Bertz CT molecular complexity index is 1480. The number of allylic oxidation sites excluding steroid dienone is 3. The molecule has 174 valence electrons. The quantitative estimate of drug-likeness (QED) is 0.327. The van der Waals surface area contributed by atoms with Gasteiger partial charge in [-0.15, -0.1) is 0 Å². The highest BCUT2D eigenvalue weighted by Crippen LogP contribution is 2.38. The van der Waals surface area contributed by atoms with Gasteiger partial charge < -0.3 is 5.32 Å². The molecular weight excluding hydrogens is 438 g/mol. The summed E-state index contributed by atoms with van der Waals surface area (Å²) >= 11 is 0. The Morgan fingerprint density at radius 2 is 1.50 bits per heavy atom. The molecule has 36 heavy (non-hydrogen) atoms. The van der Waals surface area contributed by atoms with Crippen molar-refractivity contribution in [1.82, 2.24) is 10.3 Å². The van der Waals surface area contributed by atoms with Crippen molar-refractivity contribution in [3.05, 3.63) is 145 Å². The summed E-state index contributed by atoms with van der Waals surface area (Å²) in [7, 11) is 0. The van der Waals surface area contributed by atoms with Gasteiger partial charge in [0, 0.05) is 29.7 Å². The number of amidine groups is 1. The average Bonchev–Trinajstić information content (AvgIpc) is 2.98. The van der Waals surface area contributed by atoms with E-state index in [1.807, 2.05) is 12.3 Å². The molecule has 3 aromatic carbocycles. The highest BCUT2D eigenvalue weighted by Gasteiger charge is 2.24. The van der Waals surface area contributed by atoms with Crippen LogP contribution >= 0.6 is 0 Å². The van der Waals surface area contributed by atoms with E-state index in [-0.39, 0.29) is 6.04 Å². The van der Waals surface area contributed by atoms with Crippen molar-refractivity contribution in [3.63, 3.8) is 0 Å². The lowest BCUT2D eigenvalue weighted by atomic mass is 9.90. The van der Waals surface area contributed by atoms with Gasteiger partial charge in [0.25, 0.3) is 0 Å². The largest absolute Gasteiger partial charge is 0.346 e. The van der Waals surface area contributed by atoms with E-state index in [0.29, 0.717) is 0 Å². The Kier molecular flexibility index (Phi) is 6.11. The van der Waals surface area contributed by atoms with Crippen LogP contribution in [0.4, 0.5) is 0 Å². The van der Waals surface area contributed by atoms with Crippen LogP contribution in [0.15, 0.2) is 138 Å². The topological polar surface area (TPSA) is 37.3 Å². The van der Waals surface area contributed by atoms with Gasteiger partial charge in [-0.2, -0.15) is 0 Å². The molecule has 0 saturated carbocycles. The molecule has 0 amide bonds. The van der Waals surface area contributed by atoms with Gasteiger partial charge in [0.05, 0.1) is 0 Å². The molecule has 4 aromatic rings. The van der Waals surface area contributed by atoms with Gasteiger partial charge >= 0.3 is 0 Å². The zero-order valence-electron chi connectivity index (χ0n) is 20.0. The molecule has 2 aliphatic rings. The first-order valence-electron chi connectivity index (χ1n) is 12.4. The second-order valence-electron chi connectivity index (χ2n) is 9.09. The fourth-order valence-corrected chi connectivity index (χ4v) is 4.83. The Hall–Kier alpha value is -4.50. The van der Waals surface area contributed by atoms with Crippen LogP contribution in [-0.4, -0.2) is 10.8 Å². The highest BCUT2D eigenvalue weighted by molar-refractivity contribution is 6.02. The summed E-state index contributed by atoms with van der Waals surface area (Å²) in [6, 6.07) is 32.0. The summed E-state index contributed by atoms with van der Waals surface area (Å²) in [6.07, 6.45) is 14.4. The second kappa shape index (κ2) is 10.0. The fraction of sp³-hybridized carbons (Fsp3) is 0.0909. The third-order valence-electron chi connectivity index (χ3n) is 6.76. The molecule has 0 fully saturated rings. The van der Waals surface area contributed by atoms with Gasteiger partial charge in [0.2, 0.25) is 0 Å². The van der Waals surface area contributed by atoms with Gasteiger partial charge in [-0.25, -0.2) is 0 Å². The SMILES string of the molecule is C1=CCCC(C2=NC(c3ccc(-c4ccccc4)cc3)C(c3cccc(-c4cccnc4)c3)=CN2)=C1. The molecule has 1 aromatic heterocycles. The van der Waals surface area contributed by atoms with Gasteiger partial charge in [0.1, 0.15) is 11.9 Å². The second-order valence-corrected chi connectivity index (χ2v) is 9.09. The van der Waals surface area contributed by atoms with Crippen LogP contribution in [-0.2, 0) is 0 Å². The average molecular weight is 466 g/mol. The Balaban J connectivity index is 1.39. The van der Waals surface area contributed by atoms with Crippen LogP contribution in [0.25, 0.3) is 27.8 Å². The maximum Gasteiger partial charge on any atom is 0.129 e. The third kappa shape index (κ3) is 4.56. The lowest BCUT2D eigenvalue weighted by Crippen LogP contribution is -2.26. The zero-order chi connectivity index (χ0) is 24.2. The van der Waals surface area contributed by atoms with E-state index in [4.69, 9.17) is 4.99 Å². The molecule has 0 spiro atoms. The van der Waals surface area contributed by atoms with Gasteiger partial charge in [-0.1, -0.05) is 97.1 Å². The minimum absolute atomic E-state index is 0.0953. The molecule has 3 nitrogen and oxygen atoms in total. The number of pyridine rings is 1. The number of hydrogen-bond donors (Lipinski definition) is 1. The first-order valence-corrected chi connectivity index (χ1v) is 12.4. The Labute approximate surface area is 212 Å². The molecule has 1 N–H and O–H groups in total. The molecule has 3 heteroatoms. The van der Waals surface area contributed by atoms with Crippen LogP contribution in [0.5, 0.6) is 0 Å². The van der Waals surface area contributed by atoms with E-state index >= 15 is 0 Å². The zero-order valence-corrected chi connectivity index (χ0v) is 20.0. The summed E-state index contributed by atoms with van der Waals surface area (Å²) in [4.78, 5) is 9.56. The van der Waals surface area contributed by atoms with Gasteiger partial charge in [-0.3, -0.25) is 9.98 Å². The van der Waals surface area contributed by atoms with Crippen molar-refractivity contribution >= 4 is 11.4 Å². The lowest BCUT2D eigenvalue weighted by Gasteiger charge is -2.26. The predicted molar refractivity (Wildman–Crippen MR) is 149 cm³/mol. The number of nitrogens with one attached hydrogen (secondary N) is 1. The minimum atomic E-state index is -0.0953. The minimum Gasteiger partial charge on any atom is -0.346 e. The first kappa shape index (κ1) is 22.0. The number of nitrogens with zero attached hydrogens (tertiary/aromatic N) is 2. The van der Waals surface area contributed by atoms with Crippen molar-refractivity contribution in [2.45, 2.75) is 18.9 Å². The van der Waals surface area contributed by atoms with Crippen LogP contribution in [0.1, 0.15) is 30.0 Å². The first-order chi connectivity index (χ1) is 17.8. The van der Waals surface area contributed by atoms with E-state index < -0.39 is 0 Å². The van der Waals surface area contributed by atoms with Gasteiger partial charge in [-0.05, 0) is 58.4 Å². The summed E-state index contributed by atoms with van der Waals surface area (Å²) in [5.41, 5.74) is 9.43. The number of rotatable bonds is 5. The van der Waals surface area contributed by atoms with Gasteiger partial charge in [0.15, 0.2) is 0 Å². The number of hydrogen-bond acceptors (Lipinski definition) is 3. The lowest BCUT2D eigenvalue weighted by molar-refractivity contribution is 0.880. The summed E-state index contributed by atoms with van der Waals surface area (Å²) in [6.45, 7) is 0. The van der Waals surface area contributed by atoms with Crippen molar-refractivity contribution in [2.24, 2.45) is 4.99 Å². The maximum absolute atomic E-state index is 5.26. The number of aliphatic imine (C=N–C) groups is 1. The number of benzene rings is 3. The Morgan fingerprint density at radius 1 is 0.722 bits per heavy atom. The molecule has 1 atom stereocenters. The van der Waals surface area contributed by atoms with Crippen LogP contribution in [0.2, 0.25) is 0 Å². The van der Waals surface area contributed by atoms with E-state index in [0.717, 1.165) is 40.9 Å². The molecule has 0 saturated heterocycles. The molecule has 1 aliphatic heterocycles. The molecule has 1 aliphatic carbocycles. The normalized spacial score (nSPS) is 17.0. The highest BCUT2D eigenvalue weighted by atomic mass is 15.0. The molecule has 2 heterocycles. The Morgan fingerprint density at radius 3 is 2.28 bits per heavy atom. The van der Waals surface area contributed by atoms with Crippen molar-refractivity contribution in [1.29, 1.82) is 0 Å². The molecular formula is C33H27N3. The molecule has 0 bridgehead atoms. The molecule has 1 unspecified atom stereocenters. The maximum atomic E-state index is 5.26. The van der Waals surface area contributed by atoms with E-state index in [1.54, 1.807) is 6.20 Å². The number of aromatic nitrogens is 1. The van der Waals surface area contributed by atoms with E-state index in [9.17, 15) is 0 Å². The third-order valence-corrected chi connectivity index (χ3v) is 6.76. The van der Waals surface area contributed by atoms with Crippen LogP contribution in [0.3, 0.4) is 0 Å². The monoisotopic (exact) mass is 465 g/mol. The van der Waals surface area contributed by atoms with Crippen molar-refractivity contribution in [2.75, 3.05) is 0 Å². The summed E-state index contributed by atoms with van der Waals surface area (Å²) in [5.74, 6) is 0.962. The predicted octanol–water partition coefficient (Wildman–Crippen LogP) is 7.78. The van der Waals surface area contributed by atoms with Crippen LogP contribution < -0.4 is 5.32 Å². The van der Waals surface area contributed by atoms with Crippen molar-refractivity contribution in [3.8, 4) is 22.3 Å². The molecule has 0 radical (unpaired) electrons.